The molecule has 0 saturated carbocycles. The second-order valence-electron chi connectivity index (χ2n) is 6.62. The van der Waals surface area contributed by atoms with Crippen molar-refractivity contribution in [2.24, 2.45) is 11.7 Å². The Morgan fingerprint density at radius 3 is 2.62 bits per heavy atom. The molecule has 0 aliphatic heterocycles. The van der Waals surface area contributed by atoms with Gasteiger partial charge in [-0.15, -0.1) is 0 Å². The number of halogens is 3. The predicted molar refractivity (Wildman–Crippen MR) is 93.0 cm³/mol. The molecule has 2 aromatic rings. The summed E-state index contributed by atoms with van der Waals surface area (Å²) in [6, 6.07) is 6.27. The Balaban J connectivity index is 2.11. The van der Waals surface area contributed by atoms with Crippen LogP contribution in [0, 0.1) is 5.92 Å². The summed E-state index contributed by atoms with van der Waals surface area (Å²) in [4.78, 5) is 13.9. The topological polar surface area (TPSA) is 64.2 Å². The molecule has 1 heterocycles. The standard InChI is InChI=1S/C18H23F3N4O/c1-12(2)15(22)7-9-24(3)17(26)16-8-10-25(23-16)14-6-4-5-13(11-14)18(19,20)21/h4-6,8,10-12,15H,7,9,22H2,1-3H3. The minimum atomic E-state index is -4.43. The van der Waals surface area contributed by atoms with Crippen LogP contribution in [0.25, 0.3) is 5.69 Å². The van der Waals surface area contributed by atoms with Gasteiger partial charge < -0.3 is 10.6 Å². The highest BCUT2D eigenvalue weighted by Crippen LogP contribution is 2.30. The van der Waals surface area contributed by atoms with Crippen LogP contribution in [-0.2, 0) is 6.18 Å². The minimum Gasteiger partial charge on any atom is -0.340 e. The molecule has 0 radical (unpaired) electrons. The van der Waals surface area contributed by atoms with E-state index in [2.05, 4.69) is 5.10 Å². The summed E-state index contributed by atoms with van der Waals surface area (Å²) < 4.78 is 39.7. The van der Waals surface area contributed by atoms with Crippen molar-refractivity contribution in [3.63, 3.8) is 0 Å². The van der Waals surface area contributed by atoms with Crippen molar-refractivity contribution >= 4 is 5.91 Å². The Bertz CT molecular complexity index is 755. The molecule has 1 unspecified atom stereocenters. The average Bonchev–Trinajstić information content (AvgIpc) is 3.08. The maximum Gasteiger partial charge on any atom is 0.416 e. The van der Waals surface area contributed by atoms with Gasteiger partial charge in [0.05, 0.1) is 11.3 Å². The highest BCUT2D eigenvalue weighted by Gasteiger charge is 2.30. The van der Waals surface area contributed by atoms with E-state index in [1.807, 2.05) is 13.8 Å². The first-order valence-electron chi connectivity index (χ1n) is 8.34. The van der Waals surface area contributed by atoms with E-state index >= 15 is 0 Å². The Hall–Kier alpha value is -2.35. The molecule has 142 valence electrons. The summed E-state index contributed by atoms with van der Waals surface area (Å²) in [6.45, 7) is 4.51. The quantitative estimate of drug-likeness (QED) is 0.851. The summed E-state index contributed by atoms with van der Waals surface area (Å²) in [7, 11) is 1.65. The maximum absolute atomic E-state index is 12.8. The van der Waals surface area contributed by atoms with Gasteiger partial charge in [-0.1, -0.05) is 19.9 Å². The van der Waals surface area contributed by atoms with Gasteiger partial charge in [0.2, 0.25) is 0 Å². The second-order valence-corrected chi connectivity index (χ2v) is 6.62. The van der Waals surface area contributed by atoms with Gasteiger partial charge in [-0.2, -0.15) is 18.3 Å². The molecular weight excluding hydrogens is 345 g/mol. The summed E-state index contributed by atoms with van der Waals surface area (Å²) >= 11 is 0. The molecule has 0 spiro atoms. The SMILES string of the molecule is CC(C)C(N)CCN(C)C(=O)c1ccn(-c2cccc(C(F)(F)F)c2)n1. The zero-order chi connectivity index (χ0) is 19.5. The van der Waals surface area contributed by atoms with E-state index in [1.54, 1.807) is 7.05 Å². The summed E-state index contributed by atoms with van der Waals surface area (Å²) in [5.41, 5.74) is 5.63. The van der Waals surface area contributed by atoms with Crippen LogP contribution >= 0.6 is 0 Å². The van der Waals surface area contributed by atoms with Crippen molar-refractivity contribution in [3.8, 4) is 5.69 Å². The van der Waals surface area contributed by atoms with Gasteiger partial charge in [-0.05, 0) is 36.6 Å². The molecule has 5 nitrogen and oxygen atoms in total. The van der Waals surface area contributed by atoms with Crippen molar-refractivity contribution in [2.45, 2.75) is 32.5 Å². The second kappa shape index (κ2) is 7.90. The predicted octanol–water partition coefficient (Wildman–Crippen LogP) is 3.34. The number of carbonyl (C=O) groups is 1. The van der Waals surface area contributed by atoms with E-state index in [-0.39, 0.29) is 23.3 Å². The van der Waals surface area contributed by atoms with Gasteiger partial charge in [-0.25, -0.2) is 4.68 Å². The van der Waals surface area contributed by atoms with Gasteiger partial charge in [0, 0.05) is 25.8 Å². The first-order valence-corrected chi connectivity index (χ1v) is 8.34. The van der Waals surface area contributed by atoms with Crippen LogP contribution in [-0.4, -0.2) is 40.2 Å². The Morgan fingerprint density at radius 2 is 2.00 bits per heavy atom. The van der Waals surface area contributed by atoms with E-state index in [4.69, 9.17) is 5.73 Å². The largest absolute Gasteiger partial charge is 0.416 e. The third-order valence-corrected chi connectivity index (χ3v) is 4.25. The molecule has 26 heavy (non-hydrogen) atoms. The summed E-state index contributed by atoms with van der Waals surface area (Å²) in [6.07, 6.45) is -2.30. The minimum absolute atomic E-state index is 0.00656. The van der Waals surface area contributed by atoms with Gasteiger partial charge in [-0.3, -0.25) is 4.79 Å². The molecule has 0 fully saturated rings. The number of hydrogen-bond acceptors (Lipinski definition) is 3. The number of carbonyl (C=O) groups excluding carboxylic acids is 1. The fourth-order valence-electron chi connectivity index (χ4n) is 2.38. The number of hydrogen-bond donors (Lipinski definition) is 1. The number of benzene rings is 1. The smallest absolute Gasteiger partial charge is 0.340 e. The van der Waals surface area contributed by atoms with Crippen LogP contribution in [0.2, 0.25) is 0 Å². The van der Waals surface area contributed by atoms with Crippen LogP contribution in [0.5, 0.6) is 0 Å². The van der Waals surface area contributed by atoms with Crippen molar-refractivity contribution < 1.29 is 18.0 Å². The van der Waals surface area contributed by atoms with Crippen LogP contribution in [0.1, 0.15) is 36.3 Å². The summed E-state index contributed by atoms with van der Waals surface area (Å²) in [5.74, 6) is 0.0188. The first kappa shape index (κ1) is 20.0. The van der Waals surface area contributed by atoms with Crippen LogP contribution in [0.4, 0.5) is 13.2 Å². The zero-order valence-electron chi connectivity index (χ0n) is 15.0. The molecule has 1 aromatic carbocycles. The molecule has 1 atom stereocenters. The molecule has 0 saturated heterocycles. The van der Waals surface area contributed by atoms with Gasteiger partial charge in [0.15, 0.2) is 5.69 Å². The molecule has 1 aromatic heterocycles. The van der Waals surface area contributed by atoms with Crippen LogP contribution in [0.3, 0.4) is 0 Å². The normalized spacial score (nSPS) is 13.1. The van der Waals surface area contributed by atoms with E-state index < -0.39 is 11.7 Å². The van der Waals surface area contributed by atoms with E-state index in [9.17, 15) is 18.0 Å². The number of alkyl halides is 3. The third kappa shape index (κ3) is 4.85. The fourth-order valence-corrected chi connectivity index (χ4v) is 2.38. The van der Waals surface area contributed by atoms with Crippen molar-refractivity contribution in [2.75, 3.05) is 13.6 Å². The number of rotatable bonds is 6. The molecule has 0 aliphatic carbocycles. The summed E-state index contributed by atoms with van der Waals surface area (Å²) in [5, 5.41) is 4.11. The molecule has 2 N–H and O–H groups in total. The first-order chi connectivity index (χ1) is 12.1. The highest BCUT2D eigenvalue weighted by atomic mass is 19.4. The average molecular weight is 368 g/mol. The monoisotopic (exact) mass is 368 g/mol. The van der Waals surface area contributed by atoms with Crippen molar-refractivity contribution in [1.82, 2.24) is 14.7 Å². The molecule has 8 heteroatoms. The Labute approximate surface area is 150 Å². The number of nitrogens with zero attached hydrogens (tertiary/aromatic N) is 3. The van der Waals surface area contributed by atoms with Crippen LogP contribution < -0.4 is 5.73 Å². The number of amides is 1. The lowest BCUT2D eigenvalue weighted by Gasteiger charge is -2.20. The van der Waals surface area contributed by atoms with Gasteiger partial charge in [0.1, 0.15) is 0 Å². The lowest BCUT2D eigenvalue weighted by molar-refractivity contribution is -0.137. The highest BCUT2D eigenvalue weighted by molar-refractivity contribution is 5.92. The Morgan fingerprint density at radius 1 is 1.31 bits per heavy atom. The lowest BCUT2D eigenvalue weighted by atomic mass is 10.0. The van der Waals surface area contributed by atoms with Gasteiger partial charge in [0.25, 0.3) is 5.91 Å². The van der Waals surface area contributed by atoms with Crippen LogP contribution in [0.15, 0.2) is 36.5 Å². The lowest BCUT2D eigenvalue weighted by Crippen LogP contribution is -2.34. The number of aromatic nitrogens is 2. The van der Waals surface area contributed by atoms with E-state index in [1.165, 1.54) is 34.0 Å². The molecule has 1 amide bonds. The van der Waals surface area contributed by atoms with E-state index in [0.717, 1.165) is 12.1 Å². The van der Waals surface area contributed by atoms with E-state index in [0.29, 0.717) is 18.9 Å². The number of nitrogens with two attached hydrogens (primary N) is 1. The van der Waals surface area contributed by atoms with Crippen molar-refractivity contribution in [3.05, 3.63) is 47.8 Å². The zero-order valence-corrected chi connectivity index (χ0v) is 15.0. The molecule has 0 aliphatic rings. The fraction of sp³-hybridized carbons (Fsp3) is 0.444. The molecule has 0 bridgehead atoms. The van der Waals surface area contributed by atoms with Crippen molar-refractivity contribution in [1.29, 1.82) is 0 Å². The third-order valence-electron chi connectivity index (χ3n) is 4.25. The Kier molecular flexibility index (Phi) is 6.07. The maximum atomic E-state index is 12.8. The molecule has 2 rings (SSSR count). The molecular formula is C18H23F3N4O. The van der Waals surface area contributed by atoms with Gasteiger partial charge >= 0.3 is 6.18 Å².